The molecule has 1 aliphatic carbocycles. The molecule has 29 heavy (non-hydrogen) atoms. The topological polar surface area (TPSA) is 93.1 Å². The van der Waals surface area contributed by atoms with E-state index in [9.17, 15) is 19.8 Å². The fourth-order valence-corrected chi connectivity index (χ4v) is 3.15. The Hall–Kier alpha value is -3.25. The van der Waals surface area contributed by atoms with Gasteiger partial charge in [0.1, 0.15) is 35.7 Å². The van der Waals surface area contributed by atoms with Crippen LogP contribution in [0.5, 0.6) is 0 Å². The summed E-state index contributed by atoms with van der Waals surface area (Å²) in [6.45, 7) is -0.0175. The molecule has 7 heteroatoms. The number of aliphatic hydroxyl groups excluding tert-OH is 2. The molecule has 0 spiro atoms. The molecule has 6 nitrogen and oxygen atoms in total. The van der Waals surface area contributed by atoms with Gasteiger partial charge in [0.15, 0.2) is 0 Å². The van der Waals surface area contributed by atoms with E-state index < -0.39 is 28.8 Å². The summed E-state index contributed by atoms with van der Waals surface area (Å²) < 4.78 is 10.3. The van der Waals surface area contributed by atoms with Gasteiger partial charge in [-0.05, 0) is 11.1 Å². The number of alkyl halides is 1. The molecule has 0 fully saturated rings. The van der Waals surface area contributed by atoms with Gasteiger partial charge in [-0.2, -0.15) is 0 Å². The lowest BCUT2D eigenvalue weighted by atomic mass is 9.95. The zero-order chi connectivity index (χ0) is 20.8. The molecule has 0 aliphatic heterocycles. The number of carbonyl (C=O) groups is 2. The van der Waals surface area contributed by atoms with Crippen LogP contribution in [-0.4, -0.2) is 27.5 Å². The Kier molecular flexibility index (Phi) is 6.57. The third-order valence-corrected chi connectivity index (χ3v) is 4.77. The molecular formula is C22H19ClO6. The van der Waals surface area contributed by atoms with Gasteiger partial charge in [-0.3, -0.25) is 0 Å². The Morgan fingerprint density at radius 3 is 1.86 bits per heavy atom. The second kappa shape index (κ2) is 9.30. The molecule has 3 rings (SSSR count). The Morgan fingerprint density at radius 2 is 1.34 bits per heavy atom. The number of halogens is 1. The lowest BCUT2D eigenvalue weighted by molar-refractivity contribution is -0.142. The minimum atomic E-state index is -1.41. The minimum absolute atomic E-state index is 0.000143. The number of aliphatic hydroxyl groups is 2. The fraction of sp³-hybridized carbons (Fsp3) is 0.182. The highest BCUT2D eigenvalue weighted by Crippen LogP contribution is 2.33. The van der Waals surface area contributed by atoms with Gasteiger partial charge in [-0.15, -0.1) is 11.6 Å². The first-order valence-corrected chi connectivity index (χ1v) is 9.31. The number of carbonyl (C=O) groups excluding carboxylic acids is 2. The van der Waals surface area contributed by atoms with E-state index >= 15 is 0 Å². The smallest absolute Gasteiger partial charge is 0.339 e. The quantitative estimate of drug-likeness (QED) is 0.546. The van der Waals surface area contributed by atoms with Gasteiger partial charge >= 0.3 is 11.9 Å². The van der Waals surface area contributed by atoms with Crippen LogP contribution in [0.15, 0.2) is 83.3 Å². The highest BCUT2D eigenvalue weighted by Gasteiger charge is 2.37. The molecule has 1 atom stereocenters. The van der Waals surface area contributed by atoms with Crippen LogP contribution in [0.2, 0.25) is 0 Å². The van der Waals surface area contributed by atoms with E-state index in [2.05, 4.69) is 0 Å². The predicted molar refractivity (Wildman–Crippen MR) is 106 cm³/mol. The van der Waals surface area contributed by atoms with E-state index in [0.717, 1.165) is 11.1 Å². The zero-order valence-electron chi connectivity index (χ0n) is 15.4. The number of ether oxygens (including phenoxy) is 2. The van der Waals surface area contributed by atoms with E-state index in [-0.39, 0.29) is 30.8 Å². The van der Waals surface area contributed by atoms with Crippen molar-refractivity contribution in [2.24, 2.45) is 0 Å². The molecule has 0 saturated carbocycles. The van der Waals surface area contributed by atoms with Crippen molar-refractivity contribution in [3.63, 3.8) is 0 Å². The van der Waals surface area contributed by atoms with Crippen LogP contribution in [0.3, 0.4) is 0 Å². The highest BCUT2D eigenvalue weighted by molar-refractivity contribution is 6.27. The monoisotopic (exact) mass is 414 g/mol. The van der Waals surface area contributed by atoms with Crippen molar-refractivity contribution in [3.05, 3.63) is 94.5 Å². The lowest BCUT2D eigenvalue weighted by Gasteiger charge is -2.22. The van der Waals surface area contributed by atoms with Gasteiger partial charge in [0.05, 0.1) is 5.57 Å². The van der Waals surface area contributed by atoms with Gasteiger partial charge in [-0.25, -0.2) is 9.59 Å². The van der Waals surface area contributed by atoms with Crippen LogP contribution >= 0.6 is 11.6 Å². The molecule has 0 radical (unpaired) electrons. The normalized spacial score (nSPS) is 16.5. The summed E-state index contributed by atoms with van der Waals surface area (Å²) in [5.41, 5.74) is 1.04. The van der Waals surface area contributed by atoms with Crippen molar-refractivity contribution in [2.45, 2.75) is 25.0 Å². The summed E-state index contributed by atoms with van der Waals surface area (Å²) in [6, 6.07) is 18.0. The first-order chi connectivity index (χ1) is 14.0. The van der Waals surface area contributed by atoms with Crippen molar-refractivity contribution in [2.75, 3.05) is 0 Å². The zero-order valence-corrected chi connectivity index (χ0v) is 16.1. The van der Waals surface area contributed by atoms with Crippen molar-refractivity contribution in [3.8, 4) is 0 Å². The number of benzene rings is 2. The average molecular weight is 415 g/mol. The number of hydrogen-bond donors (Lipinski definition) is 2. The Labute approximate surface area is 172 Å². The van der Waals surface area contributed by atoms with E-state index in [1.165, 1.54) is 0 Å². The standard InChI is InChI=1S/C22H19ClO6/c23-19-18(22(27)29-13-15-9-5-2-6-10-15)17(24)11-16(20(19)25)21(26)28-12-14-7-3-1-4-8-14/h1-10,19,24-25H,11-13H2. The van der Waals surface area contributed by atoms with Gasteiger partial charge in [0.25, 0.3) is 0 Å². The summed E-state index contributed by atoms with van der Waals surface area (Å²) in [4.78, 5) is 24.7. The van der Waals surface area contributed by atoms with E-state index in [1.807, 2.05) is 12.1 Å². The summed E-state index contributed by atoms with van der Waals surface area (Å²) >= 11 is 6.13. The Balaban J connectivity index is 1.65. The summed E-state index contributed by atoms with van der Waals surface area (Å²) in [5, 5.41) is 19.2. The number of esters is 2. The van der Waals surface area contributed by atoms with Crippen LogP contribution < -0.4 is 0 Å². The molecular weight excluding hydrogens is 396 g/mol. The molecule has 0 saturated heterocycles. The van der Waals surface area contributed by atoms with Gasteiger partial charge in [0, 0.05) is 6.42 Å². The molecule has 1 unspecified atom stereocenters. The predicted octanol–water partition coefficient (Wildman–Crippen LogP) is 4.11. The number of hydrogen-bond acceptors (Lipinski definition) is 6. The van der Waals surface area contributed by atoms with Crippen molar-refractivity contribution >= 4 is 23.5 Å². The molecule has 2 aromatic rings. The summed E-state index contributed by atoms with van der Waals surface area (Å²) in [7, 11) is 0. The van der Waals surface area contributed by atoms with E-state index in [4.69, 9.17) is 21.1 Å². The van der Waals surface area contributed by atoms with Crippen LogP contribution in [0.25, 0.3) is 0 Å². The highest BCUT2D eigenvalue weighted by atomic mass is 35.5. The molecule has 0 bridgehead atoms. The Bertz CT molecular complexity index is 950. The van der Waals surface area contributed by atoms with E-state index in [0.29, 0.717) is 0 Å². The molecule has 2 aromatic carbocycles. The molecule has 0 heterocycles. The van der Waals surface area contributed by atoms with Gasteiger partial charge in [-0.1, -0.05) is 60.7 Å². The Morgan fingerprint density at radius 1 is 0.862 bits per heavy atom. The first kappa shape index (κ1) is 20.5. The van der Waals surface area contributed by atoms with Crippen LogP contribution in [0, 0.1) is 0 Å². The second-order valence-electron chi connectivity index (χ2n) is 6.39. The van der Waals surface area contributed by atoms with Crippen LogP contribution in [-0.2, 0) is 32.3 Å². The van der Waals surface area contributed by atoms with Crippen LogP contribution in [0.4, 0.5) is 0 Å². The average Bonchev–Trinajstić information content (AvgIpc) is 2.74. The SMILES string of the molecule is O=C(OCc1ccccc1)C1=C(O)C(Cl)C(C(=O)OCc2ccccc2)=C(O)C1. The van der Waals surface area contributed by atoms with Crippen molar-refractivity contribution in [1.82, 2.24) is 0 Å². The summed E-state index contributed by atoms with van der Waals surface area (Å²) in [6.07, 6.45) is -0.377. The molecule has 0 aromatic heterocycles. The van der Waals surface area contributed by atoms with Gasteiger partial charge < -0.3 is 19.7 Å². The number of rotatable bonds is 6. The lowest BCUT2D eigenvalue weighted by Crippen LogP contribution is -2.27. The third-order valence-electron chi connectivity index (χ3n) is 4.35. The van der Waals surface area contributed by atoms with Gasteiger partial charge in [0.2, 0.25) is 0 Å². The molecule has 1 aliphatic rings. The number of allylic oxidation sites excluding steroid dienone is 2. The van der Waals surface area contributed by atoms with Crippen LogP contribution in [0.1, 0.15) is 17.5 Å². The summed E-state index contributed by atoms with van der Waals surface area (Å²) in [5.74, 6) is -2.66. The molecule has 0 amide bonds. The maximum Gasteiger partial charge on any atom is 0.339 e. The van der Waals surface area contributed by atoms with Crippen molar-refractivity contribution in [1.29, 1.82) is 0 Å². The fourth-order valence-electron chi connectivity index (χ4n) is 2.80. The van der Waals surface area contributed by atoms with Crippen molar-refractivity contribution < 1.29 is 29.3 Å². The molecule has 150 valence electrons. The van der Waals surface area contributed by atoms with E-state index in [1.54, 1.807) is 48.5 Å². The largest absolute Gasteiger partial charge is 0.511 e. The first-order valence-electron chi connectivity index (χ1n) is 8.87. The third kappa shape index (κ3) is 4.97. The maximum atomic E-state index is 12.4. The second-order valence-corrected chi connectivity index (χ2v) is 6.82. The minimum Gasteiger partial charge on any atom is -0.511 e. The molecule has 2 N–H and O–H groups in total. The maximum absolute atomic E-state index is 12.4.